The summed E-state index contributed by atoms with van der Waals surface area (Å²) in [5.74, 6) is 0.254. The van der Waals surface area contributed by atoms with Gasteiger partial charge in [-0.25, -0.2) is 0 Å². The van der Waals surface area contributed by atoms with Crippen molar-refractivity contribution >= 4 is 11.8 Å². The molecular formula is C19H24O3. The van der Waals surface area contributed by atoms with Crippen LogP contribution in [-0.4, -0.2) is 18.9 Å². The molecule has 1 saturated carbocycles. The average molecular weight is 300 g/mol. The number of fused-ring (bicyclic) bond motifs is 3. The summed E-state index contributed by atoms with van der Waals surface area (Å²) in [6.45, 7) is 4.44. The molecule has 118 valence electrons. The van der Waals surface area contributed by atoms with E-state index >= 15 is 0 Å². The minimum absolute atomic E-state index is 0.0223. The molecule has 0 bridgehead atoms. The van der Waals surface area contributed by atoms with Crippen LogP contribution in [0.3, 0.4) is 0 Å². The molecule has 0 aromatic heterocycles. The van der Waals surface area contributed by atoms with Gasteiger partial charge in [0.05, 0.1) is 13.5 Å². The maximum atomic E-state index is 12.6. The van der Waals surface area contributed by atoms with E-state index < -0.39 is 0 Å². The molecule has 0 unspecified atom stereocenters. The first kappa shape index (κ1) is 15.3. The lowest BCUT2D eigenvalue weighted by atomic mass is 9.49. The van der Waals surface area contributed by atoms with E-state index in [1.807, 2.05) is 18.2 Å². The smallest absolute Gasteiger partial charge is 0.306 e. The minimum Gasteiger partial charge on any atom is -0.469 e. The zero-order valence-corrected chi connectivity index (χ0v) is 13.6. The molecule has 1 fully saturated rings. The van der Waals surface area contributed by atoms with Crippen molar-refractivity contribution < 1.29 is 14.3 Å². The van der Waals surface area contributed by atoms with E-state index in [2.05, 4.69) is 19.9 Å². The fourth-order valence-corrected chi connectivity index (χ4v) is 4.90. The van der Waals surface area contributed by atoms with Crippen molar-refractivity contribution in [1.29, 1.82) is 0 Å². The highest BCUT2D eigenvalue weighted by Crippen LogP contribution is 2.58. The molecule has 22 heavy (non-hydrogen) atoms. The Morgan fingerprint density at radius 3 is 2.73 bits per heavy atom. The first-order chi connectivity index (χ1) is 10.4. The molecule has 2 aliphatic rings. The molecule has 3 atom stereocenters. The number of Topliss-reactive ketones (excluding diaryl/α,β-unsaturated/α-hetero) is 1. The molecule has 1 aromatic rings. The molecule has 0 aliphatic heterocycles. The number of hydrogen-bond donors (Lipinski definition) is 0. The first-order valence-corrected chi connectivity index (χ1v) is 8.10. The number of ketones is 1. The Hall–Kier alpha value is -1.64. The van der Waals surface area contributed by atoms with Crippen LogP contribution in [-0.2, 0) is 14.9 Å². The number of ether oxygens (including phenoxy) is 1. The average Bonchev–Trinajstić information content (AvgIpc) is 2.50. The van der Waals surface area contributed by atoms with Gasteiger partial charge in [0.1, 0.15) is 0 Å². The molecule has 0 saturated heterocycles. The second-order valence-corrected chi connectivity index (χ2v) is 7.40. The quantitative estimate of drug-likeness (QED) is 0.778. The highest BCUT2D eigenvalue weighted by atomic mass is 16.5. The van der Waals surface area contributed by atoms with Crippen LogP contribution < -0.4 is 0 Å². The second kappa shape index (κ2) is 5.22. The van der Waals surface area contributed by atoms with E-state index in [9.17, 15) is 9.59 Å². The predicted octanol–water partition coefficient (Wildman–Crippen LogP) is 3.90. The third-order valence-electron chi connectivity index (χ3n) is 6.06. The lowest BCUT2D eigenvalue weighted by Gasteiger charge is -2.54. The Bertz CT molecular complexity index is 621. The Balaban J connectivity index is 2.06. The lowest BCUT2D eigenvalue weighted by molar-refractivity contribution is -0.145. The van der Waals surface area contributed by atoms with Gasteiger partial charge in [0.15, 0.2) is 5.78 Å². The molecule has 2 aliphatic carbocycles. The number of carbonyl (C=O) groups excluding carboxylic acids is 2. The zero-order chi connectivity index (χ0) is 16.0. The van der Waals surface area contributed by atoms with Gasteiger partial charge in [0.2, 0.25) is 0 Å². The largest absolute Gasteiger partial charge is 0.469 e. The van der Waals surface area contributed by atoms with Gasteiger partial charge in [-0.2, -0.15) is 0 Å². The van der Waals surface area contributed by atoms with Crippen molar-refractivity contribution in [3.05, 3.63) is 35.4 Å². The van der Waals surface area contributed by atoms with Gasteiger partial charge in [0.25, 0.3) is 0 Å². The van der Waals surface area contributed by atoms with Crippen LogP contribution in [0.2, 0.25) is 0 Å². The van der Waals surface area contributed by atoms with Crippen LogP contribution in [0, 0.1) is 11.3 Å². The van der Waals surface area contributed by atoms with Gasteiger partial charge >= 0.3 is 5.97 Å². The summed E-state index contributed by atoms with van der Waals surface area (Å²) in [5, 5.41) is 0. The molecule has 3 nitrogen and oxygen atoms in total. The van der Waals surface area contributed by atoms with Gasteiger partial charge in [-0.1, -0.05) is 44.5 Å². The number of methoxy groups -OCH3 is 1. The van der Waals surface area contributed by atoms with Gasteiger partial charge in [-0.05, 0) is 35.2 Å². The summed E-state index contributed by atoms with van der Waals surface area (Å²) in [6, 6.07) is 8.01. The summed E-state index contributed by atoms with van der Waals surface area (Å²) in [6.07, 6.45) is 4.10. The summed E-state index contributed by atoms with van der Waals surface area (Å²) in [5.41, 5.74) is 1.87. The van der Waals surface area contributed by atoms with E-state index in [1.165, 1.54) is 12.7 Å². The van der Waals surface area contributed by atoms with E-state index in [-0.39, 0.29) is 28.5 Å². The molecule has 0 radical (unpaired) electrons. The third kappa shape index (κ3) is 2.18. The van der Waals surface area contributed by atoms with E-state index in [4.69, 9.17) is 4.74 Å². The fourth-order valence-electron chi connectivity index (χ4n) is 4.90. The Morgan fingerprint density at radius 1 is 1.27 bits per heavy atom. The van der Waals surface area contributed by atoms with Crippen LogP contribution in [0.5, 0.6) is 0 Å². The zero-order valence-electron chi connectivity index (χ0n) is 13.6. The summed E-state index contributed by atoms with van der Waals surface area (Å²) in [4.78, 5) is 24.5. The number of benzene rings is 1. The molecule has 1 aromatic carbocycles. The van der Waals surface area contributed by atoms with Gasteiger partial charge in [-0.15, -0.1) is 0 Å². The van der Waals surface area contributed by atoms with Gasteiger partial charge in [0, 0.05) is 12.0 Å². The second-order valence-electron chi connectivity index (χ2n) is 7.40. The summed E-state index contributed by atoms with van der Waals surface area (Å²) in [7, 11) is 1.44. The van der Waals surface area contributed by atoms with Crippen LogP contribution in [0.15, 0.2) is 24.3 Å². The molecule has 0 amide bonds. The molecule has 0 heterocycles. The fraction of sp³-hybridized carbons (Fsp3) is 0.579. The molecule has 0 spiro atoms. The maximum Gasteiger partial charge on any atom is 0.306 e. The van der Waals surface area contributed by atoms with Crippen molar-refractivity contribution in [2.75, 3.05) is 7.11 Å². The van der Waals surface area contributed by atoms with E-state index in [0.29, 0.717) is 12.8 Å². The van der Waals surface area contributed by atoms with Crippen molar-refractivity contribution in [1.82, 2.24) is 0 Å². The molecule has 0 N–H and O–H groups in total. The number of hydrogen-bond acceptors (Lipinski definition) is 3. The van der Waals surface area contributed by atoms with Crippen molar-refractivity contribution in [2.45, 2.75) is 51.4 Å². The van der Waals surface area contributed by atoms with Crippen molar-refractivity contribution in [2.24, 2.45) is 11.3 Å². The number of esters is 1. The first-order valence-electron chi connectivity index (χ1n) is 8.10. The monoisotopic (exact) mass is 300 g/mol. The molecule has 3 heteroatoms. The van der Waals surface area contributed by atoms with Crippen molar-refractivity contribution in [3.8, 4) is 0 Å². The van der Waals surface area contributed by atoms with Crippen LogP contribution in [0.25, 0.3) is 0 Å². The Labute approximate surface area is 132 Å². The van der Waals surface area contributed by atoms with Crippen LogP contribution in [0.1, 0.15) is 61.9 Å². The van der Waals surface area contributed by atoms with E-state index in [1.54, 1.807) is 0 Å². The Morgan fingerprint density at radius 2 is 2.00 bits per heavy atom. The predicted molar refractivity (Wildman–Crippen MR) is 84.8 cm³/mol. The topological polar surface area (TPSA) is 43.4 Å². The molecular weight excluding hydrogens is 276 g/mol. The SMILES string of the molecule is COC(=O)C[C@]1(C)CCC[C@@]2(C)c3ccccc3C(=O)C[C@@H]12. The molecule has 3 rings (SSSR count). The van der Waals surface area contributed by atoms with Gasteiger partial charge in [-0.3, -0.25) is 9.59 Å². The third-order valence-corrected chi connectivity index (χ3v) is 6.06. The van der Waals surface area contributed by atoms with Crippen LogP contribution in [0.4, 0.5) is 0 Å². The lowest BCUT2D eigenvalue weighted by Crippen LogP contribution is -2.51. The highest BCUT2D eigenvalue weighted by Gasteiger charge is 2.54. The number of rotatable bonds is 2. The van der Waals surface area contributed by atoms with Crippen LogP contribution >= 0.6 is 0 Å². The standard InChI is InChI=1S/C19H24O3/c1-18(12-17(21)22-3)9-6-10-19(2)14-8-5-4-7-13(14)15(20)11-16(18)19/h4-5,7-8,16H,6,9-12H2,1-3H3/t16-,18-,19-/m0/s1. The maximum absolute atomic E-state index is 12.6. The number of carbonyl (C=O) groups is 2. The Kier molecular flexibility index (Phi) is 3.62. The van der Waals surface area contributed by atoms with E-state index in [0.717, 1.165) is 24.8 Å². The summed E-state index contributed by atoms with van der Waals surface area (Å²) >= 11 is 0. The minimum atomic E-state index is -0.168. The van der Waals surface area contributed by atoms with Crippen molar-refractivity contribution in [3.63, 3.8) is 0 Å². The highest BCUT2D eigenvalue weighted by molar-refractivity contribution is 5.99. The van der Waals surface area contributed by atoms with Gasteiger partial charge < -0.3 is 4.74 Å². The normalized spacial score (nSPS) is 33.8. The summed E-state index contributed by atoms with van der Waals surface area (Å²) < 4.78 is 4.90.